The first-order valence-electron chi connectivity index (χ1n) is 9.35. The van der Waals surface area contributed by atoms with Crippen LogP contribution in [0.1, 0.15) is 12.5 Å². The van der Waals surface area contributed by atoms with E-state index in [0.29, 0.717) is 17.8 Å². The average molecular weight is 402 g/mol. The van der Waals surface area contributed by atoms with Crippen molar-refractivity contribution in [3.8, 4) is 22.4 Å². The lowest BCUT2D eigenvalue weighted by Crippen LogP contribution is -2.23. The summed E-state index contributed by atoms with van der Waals surface area (Å²) in [6.45, 7) is 1.72. The van der Waals surface area contributed by atoms with Crippen LogP contribution >= 0.6 is 0 Å². The third-order valence-corrected chi connectivity index (χ3v) is 4.69. The van der Waals surface area contributed by atoms with Crippen LogP contribution in [0.25, 0.3) is 22.4 Å². The zero-order chi connectivity index (χ0) is 21.1. The second-order valence-electron chi connectivity index (χ2n) is 6.66. The summed E-state index contributed by atoms with van der Waals surface area (Å²) in [5.41, 5.74) is 9.38. The first kappa shape index (κ1) is 19.5. The normalized spacial score (nSPS) is 10.8. The van der Waals surface area contributed by atoms with Crippen LogP contribution in [0.2, 0.25) is 0 Å². The number of benzene rings is 2. The second-order valence-corrected chi connectivity index (χ2v) is 6.66. The summed E-state index contributed by atoms with van der Waals surface area (Å²) in [6, 6.07) is 17.2. The Hall–Kier alpha value is -3.84. The topological polar surface area (TPSA) is 85.2 Å². The fourth-order valence-corrected chi connectivity index (χ4v) is 3.31. The zero-order valence-corrected chi connectivity index (χ0v) is 16.2. The molecule has 2 heterocycles. The van der Waals surface area contributed by atoms with Gasteiger partial charge in [0.2, 0.25) is 11.8 Å². The molecule has 0 saturated heterocycles. The van der Waals surface area contributed by atoms with E-state index in [-0.39, 0.29) is 11.6 Å². The quantitative estimate of drug-likeness (QED) is 0.524. The Labute approximate surface area is 172 Å². The standard InChI is InChI=1S/C23H19FN4O2/c1-15(29)28(20-8-3-2-7-19(20)24)23-21(17-9-11-26-12-10-17)22(27-30-23)18-6-4-5-16(13-18)14-25/h2-13H,14,25H2,1H3. The highest BCUT2D eigenvalue weighted by molar-refractivity contribution is 6.03. The number of carbonyl (C=O) groups excluding carboxylic acids is 1. The molecule has 4 aromatic rings. The third-order valence-electron chi connectivity index (χ3n) is 4.69. The van der Waals surface area contributed by atoms with Crippen LogP contribution in [-0.4, -0.2) is 16.0 Å². The number of para-hydroxylation sites is 1. The molecule has 2 N–H and O–H groups in total. The number of nitrogens with zero attached hydrogens (tertiary/aromatic N) is 3. The van der Waals surface area contributed by atoms with Crippen molar-refractivity contribution in [2.75, 3.05) is 4.90 Å². The van der Waals surface area contributed by atoms with Gasteiger partial charge in [-0.05, 0) is 41.5 Å². The van der Waals surface area contributed by atoms with E-state index in [1.165, 1.54) is 24.0 Å². The molecule has 30 heavy (non-hydrogen) atoms. The number of amides is 1. The average Bonchev–Trinajstić information content (AvgIpc) is 3.20. The first-order chi connectivity index (χ1) is 14.6. The minimum Gasteiger partial charge on any atom is -0.336 e. The van der Waals surface area contributed by atoms with Crippen LogP contribution in [0.4, 0.5) is 16.0 Å². The largest absolute Gasteiger partial charge is 0.336 e. The number of rotatable bonds is 5. The second kappa shape index (κ2) is 8.26. The van der Waals surface area contributed by atoms with Gasteiger partial charge in [0.25, 0.3) is 0 Å². The smallest absolute Gasteiger partial charge is 0.247 e. The molecule has 0 aliphatic rings. The van der Waals surface area contributed by atoms with Crippen molar-refractivity contribution in [2.45, 2.75) is 13.5 Å². The molecule has 0 radical (unpaired) electrons. The Morgan fingerprint density at radius 1 is 1.07 bits per heavy atom. The SMILES string of the molecule is CC(=O)N(c1ccccc1F)c1onc(-c2cccc(CN)c2)c1-c1ccncc1. The maximum atomic E-state index is 14.6. The van der Waals surface area contributed by atoms with Crippen LogP contribution in [0.3, 0.4) is 0 Å². The fraction of sp³-hybridized carbons (Fsp3) is 0.0870. The van der Waals surface area contributed by atoms with Gasteiger partial charge >= 0.3 is 0 Å². The molecule has 2 aromatic carbocycles. The van der Waals surface area contributed by atoms with Crippen LogP contribution in [0.5, 0.6) is 0 Å². The van der Waals surface area contributed by atoms with E-state index < -0.39 is 11.7 Å². The highest BCUT2D eigenvalue weighted by Gasteiger charge is 2.29. The van der Waals surface area contributed by atoms with Gasteiger partial charge in [0.05, 0.1) is 11.3 Å². The lowest BCUT2D eigenvalue weighted by Gasteiger charge is -2.20. The van der Waals surface area contributed by atoms with Gasteiger partial charge in [0.1, 0.15) is 11.5 Å². The van der Waals surface area contributed by atoms with Crippen molar-refractivity contribution in [3.05, 3.63) is 84.4 Å². The monoisotopic (exact) mass is 402 g/mol. The van der Waals surface area contributed by atoms with Gasteiger partial charge in [-0.3, -0.25) is 9.78 Å². The maximum Gasteiger partial charge on any atom is 0.247 e. The Morgan fingerprint density at radius 3 is 2.53 bits per heavy atom. The number of nitrogens with two attached hydrogens (primary N) is 1. The van der Waals surface area contributed by atoms with E-state index in [9.17, 15) is 9.18 Å². The van der Waals surface area contributed by atoms with Crippen LogP contribution in [0, 0.1) is 5.82 Å². The molecule has 2 aromatic heterocycles. The van der Waals surface area contributed by atoms with Gasteiger partial charge in [-0.2, -0.15) is 0 Å². The molecule has 0 unspecified atom stereocenters. The number of hydrogen-bond donors (Lipinski definition) is 1. The van der Waals surface area contributed by atoms with Crippen LogP contribution in [0.15, 0.2) is 77.6 Å². The van der Waals surface area contributed by atoms with Crippen molar-refractivity contribution >= 4 is 17.5 Å². The summed E-state index contributed by atoms with van der Waals surface area (Å²) in [4.78, 5) is 17.8. The van der Waals surface area contributed by atoms with E-state index in [1.54, 1.807) is 36.7 Å². The fourth-order valence-electron chi connectivity index (χ4n) is 3.31. The van der Waals surface area contributed by atoms with Crippen molar-refractivity contribution in [3.63, 3.8) is 0 Å². The highest BCUT2D eigenvalue weighted by Crippen LogP contribution is 2.42. The molecule has 0 fully saturated rings. The van der Waals surface area contributed by atoms with Crippen molar-refractivity contribution < 1.29 is 13.7 Å². The van der Waals surface area contributed by atoms with E-state index >= 15 is 0 Å². The maximum absolute atomic E-state index is 14.6. The summed E-state index contributed by atoms with van der Waals surface area (Å²) in [5, 5.41) is 4.24. The lowest BCUT2D eigenvalue weighted by molar-refractivity contribution is -0.116. The van der Waals surface area contributed by atoms with E-state index in [0.717, 1.165) is 16.7 Å². The molecule has 0 spiro atoms. The van der Waals surface area contributed by atoms with Gasteiger partial charge in [-0.15, -0.1) is 0 Å². The van der Waals surface area contributed by atoms with E-state index in [4.69, 9.17) is 10.3 Å². The minimum atomic E-state index is -0.545. The zero-order valence-electron chi connectivity index (χ0n) is 16.2. The molecule has 7 heteroatoms. The van der Waals surface area contributed by atoms with E-state index in [1.807, 2.05) is 24.3 Å². The number of aromatic nitrogens is 2. The first-order valence-corrected chi connectivity index (χ1v) is 9.35. The molecule has 0 saturated carbocycles. The Balaban J connectivity index is 1.97. The summed E-state index contributed by atoms with van der Waals surface area (Å²) >= 11 is 0. The number of pyridine rings is 1. The molecule has 6 nitrogen and oxygen atoms in total. The van der Waals surface area contributed by atoms with Gasteiger partial charge in [0.15, 0.2) is 0 Å². The molecular formula is C23H19FN4O2. The lowest BCUT2D eigenvalue weighted by atomic mass is 10.00. The summed E-state index contributed by atoms with van der Waals surface area (Å²) < 4.78 is 20.2. The van der Waals surface area contributed by atoms with E-state index in [2.05, 4.69) is 10.1 Å². The summed E-state index contributed by atoms with van der Waals surface area (Å²) in [6.07, 6.45) is 3.26. The van der Waals surface area contributed by atoms with Crippen LogP contribution < -0.4 is 10.6 Å². The van der Waals surface area contributed by atoms with Gasteiger partial charge in [-0.1, -0.05) is 35.5 Å². The summed E-state index contributed by atoms with van der Waals surface area (Å²) in [7, 11) is 0. The Morgan fingerprint density at radius 2 is 1.83 bits per heavy atom. The number of hydrogen-bond acceptors (Lipinski definition) is 5. The third kappa shape index (κ3) is 3.58. The molecule has 0 aliphatic carbocycles. The van der Waals surface area contributed by atoms with Crippen molar-refractivity contribution in [1.82, 2.24) is 10.1 Å². The predicted octanol–water partition coefficient (Wildman–Crippen LogP) is 4.69. The summed E-state index contributed by atoms with van der Waals surface area (Å²) in [5.74, 6) is -0.822. The minimum absolute atomic E-state index is 0.0821. The number of carbonyl (C=O) groups is 1. The van der Waals surface area contributed by atoms with Crippen LogP contribution in [-0.2, 0) is 11.3 Å². The van der Waals surface area contributed by atoms with Gasteiger partial charge in [0, 0.05) is 31.4 Å². The van der Waals surface area contributed by atoms with Gasteiger partial charge < -0.3 is 10.3 Å². The van der Waals surface area contributed by atoms with Crippen molar-refractivity contribution in [2.24, 2.45) is 5.73 Å². The molecule has 0 atom stereocenters. The molecule has 0 aliphatic heterocycles. The predicted molar refractivity (Wildman–Crippen MR) is 112 cm³/mol. The number of anilines is 2. The van der Waals surface area contributed by atoms with Crippen molar-refractivity contribution in [1.29, 1.82) is 0 Å². The Bertz CT molecular complexity index is 1190. The molecule has 150 valence electrons. The molecule has 4 rings (SSSR count). The number of halogens is 1. The van der Waals surface area contributed by atoms with Gasteiger partial charge in [-0.25, -0.2) is 9.29 Å². The molecule has 1 amide bonds. The molecule has 0 bridgehead atoms. The Kier molecular flexibility index (Phi) is 5.36. The molecular weight excluding hydrogens is 383 g/mol. The highest BCUT2D eigenvalue weighted by atomic mass is 19.1.